The highest BCUT2D eigenvalue weighted by molar-refractivity contribution is 6.07. The predicted octanol–water partition coefficient (Wildman–Crippen LogP) is -2.65. The molecule has 5 atom stereocenters. The Morgan fingerprint density at radius 1 is 0.860 bits per heavy atom. The Hall–Kier alpha value is -5.50. The molecule has 20 heteroatoms. The lowest BCUT2D eigenvalue weighted by atomic mass is 9.86. The number of hydrogen-bond acceptors (Lipinski definition) is 12. The van der Waals surface area contributed by atoms with E-state index in [1.165, 1.54) is 6.92 Å². The van der Waals surface area contributed by atoms with Crippen molar-refractivity contribution in [2.45, 2.75) is 90.0 Å². The van der Waals surface area contributed by atoms with Crippen LogP contribution >= 0.6 is 0 Å². The average Bonchev–Trinajstić information content (AvgIpc) is 2.99. The number of phenolic OH excluding ortho intramolecular Hbond substituents is 2. The molecule has 0 saturated carbocycles. The highest BCUT2D eigenvalue weighted by atomic mass is 16.4. The Morgan fingerprint density at radius 2 is 1.38 bits per heavy atom. The van der Waals surface area contributed by atoms with E-state index in [0.717, 1.165) is 12.1 Å². The molecular formula is C30H47N9O11. The van der Waals surface area contributed by atoms with Crippen molar-refractivity contribution in [1.82, 2.24) is 15.5 Å². The van der Waals surface area contributed by atoms with Gasteiger partial charge in [-0.1, -0.05) is 20.8 Å². The summed E-state index contributed by atoms with van der Waals surface area (Å²) < 4.78 is 0. The molecule has 0 aromatic heterocycles. The van der Waals surface area contributed by atoms with Gasteiger partial charge in [0.05, 0.1) is 18.9 Å². The van der Waals surface area contributed by atoms with Crippen LogP contribution in [0.2, 0.25) is 0 Å². The van der Waals surface area contributed by atoms with E-state index in [9.17, 15) is 54.0 Å². The van der Waals surface area contributed by atoms with E-state index in [0.29, 0.717) is 6.42 Å². The second kappa shape index (κ2) is 18.3. The molecule has 0 saturated heterocycles. The molecular weight excluding hydrogens is 662 g/mol. The zero-order valence-corrected chi connectivity index (χ0v) is 28.2. The first-order valence-electron chi connectivity index (χ1n) is 15.3. The number of primary amides is 1. The van der Waals surface area contributed by atoms with Gasteiger partial charge in [0.2, 0.25) is 17.7 Å². The van der Waals surface area contributed by atoms with Crippen molar-refractivity contribution in [1.29, 1.82) is 0 Å². The van der Waals surface area contributed by atoms with E-state index < -0.39 is 107 Å². The number of nitrogens with two attached hydrogens (primary N) is 5. The lowest BCUT2D eigenvalue weighted by Crippen LogP contribution is -2.62. The molecule has 278 valence electrons. The summed E-state index contributed by atoms with van der Waals surface area (Å²) in [4.78, 5) is 95.0. The molecule has 1 aromatic carbocycles. The minimum absolute atomic E-state index is 0.0272. The van der Waals surface area contributed by atoms with E-state index in [1.54, 1.807) is 20.8 Å². The van der Waals surface area contributed by atoms with Gasteiger partial charge in [-0.05, 0) is 55.8 Å². The quantitative estimate of drug-likeness (QED) is 0.0421. The number of phenols is 2. The number of nitrogens with one attached hydrogen (secondary N) is 2. The summed E-state index contributed by atoms with van der Waals surface area (Å²) in [6.07, 6.45) is -2.08. The fourth-order valence-corrected chi connectivity index (χ4v) is 4.56. The number of rotatable bonds is 18. The van der Waals surface area contributed by atoms with Crippen LogP contribution in [-0.2, 0) is 33.6 Å². The summed E-state index contributed by atoms with van der Waals surface area (Å²) in [6.45, 7) is 6.43. The number of carboxylic acid groups (broad SMARTS) is 2. The van der Waals surface area contributed by atoms with Gasteiger partial charge >= 0.3 is 11.9 Å². The van der Waals surface area contributed by atoms with E-state index >= 15 is 0 Å². The number of aliphatic carboxylic acids is 2. The van der Waals surface area contributed by atoms with Gasteiger partial charge < -0.3 is 59.7 Å². The smallest absolute Gasteiger partial charge is 0.327 e. The molecule has 5 amide bonds. The number of aliphatic imine (C=N–C) groups is 1. The van der Waals surface area contributed by atoms with Crippen LogP contribution in [0.3, 0.4) is 0 Å². The third kappa shape index (κ3) is 12.2. The van der Waals surface area contributed by atoms with Crippen molar-refractivity contribution >= 4 is 47.4 Å². The zero-order chi connectivity index (χ0) is 38.7. The van der Waals surface area contributed by atoms with E-state index in [-0.39, 0.29) is 35.4 Å². The van der Waals surface area contributed by atoms with Crippen LogP contribution in [0.25, 0.3) is 0 Å². The van der Waals surface area contributed by atoms with Crippen molar-refractivity contribution < 1.29 is 54.0 Å². The Labute approximate surface area is 287 Å². The third-order valence-corrected chi connectivity index (χ3v) is 7.45. The maximum atomic E-state index is 14.1. The Bertz CT molecular complexity index is 1470. The number of carbonyl (C=O) groups is 7. The minimum Gasteiger partial charge on any atom is -0.508 e. The molecule has 0 spiro atoms. The maximum absolute atomic E-state index is 14.1. The normalized spacial score (nSPS) is 14.2. The molecule has 0 heterocycles. The number of carboxylic acids is 2. The highest BCUT2D eigenvalue weighted by Crippen LogP contribution is 2.32. The van der Waals surface area contributed by atoms with Crippen LogP contribution in [0, 0.1) is 12.3 Å². The number of carbonyl (C=O) groups excluding carboxylic acids is 5. The van der Waals surface area contributed by atoms with Crippen LogP contribution in [0.5, 0.6) is 11.5 Å². The second-order valence-corrected chi connectivity index (χ2v) is 12.6. The number of benzene rings is 1. The standard InChI is InChI=1S/C30H47N9O11/c1-13-18(40)9-14(10-19(13)41)22(38-29(34)35)24(45)37-16(11-20(32)42)27(48)39(17(28(49)50)12-21(43)44)26(47)15(7-5-6-8-31)36-25(46)23(33)30(2,3)4/h9-10,15-17,22-23,40-41H,5-8,11-12,31,33H2,1-4H3,(H2,32,42)(H,36,46)(H,37,45)(H,43,44)(H,49,50)(H4,34,35,38)/t15-,16-,17-,22-,23+/m0/s1. The summed E-state index contributed by atoms with van der Waals surface area (Å²) in [7, 11) is 0. The molecule has 0 bridgehead atoms. The molecule has 0 aliphatic rings. The number of unbranched alkanes of at least 4 members (excludes halogenated alkanes) is 1. The molecule has 1 aromatic rings. The van der Waals surface area contributed by atoms with Crippen LogP contribution < -0.4 is 39.3 Å². The average molecular weight is 710 g/mol. The predicted molar refractivity (Wildman–Crippen MR) is 177 cm³/mol. The second-order valence-electron chi connectivity index (χ2n) is 12.6. The molecule has 0 fully saturated rings. The molecule has 0 radical (unpaired) electrons. The van der Waals surface area contributed by atoms with Gasteiger partial charge in [-0.2, -0.15) is 0 Å². The zero-order valence-electron chi connectivity index (χ0n) is 28.2. The van der Waals surface area contributed by atoms with E-state index in [2.05, 4.69) is 15.6 Å². The number of hydrogen-bond donors (Lipinski definition) is 11. The van der Waals surface area contributed by atoms with Gasteiger partial charge in [-0.25, -0.2) is 9.79 Å². The minimum atomic E-state index is -2.41. The van der Waals surface area contributed by atoms with Crippen molar-refractivity contribution in [3.63, 3.8) is 0 Å². The fraction of sp³-hybridized carbons (Fsp3) is 0.533. The number of guanidine groups is 1. The fourth-order valence-electron chi connectivity index (χ4n) is 4.56. The molecule has 1 rings (SSSR count). The highest BCUT2D eigenvalue weighted by Gasteiger charge is 2.44. The Morgan fingerprint density at radius 3 is 1.82 bits per heavy atom. The lowest BCUT2D eigenvalue weighted by Gasteiger charge is -2.34. The molecule has 20 nitrogen and oxygen atoms in total. The summed E-state index contributed by atoms with van der Waals surface area (Å²) in [6, 6.07) is -7.15. The summed E-state index contributed by atoms with van der Waals surface area (Å²) >= 11 is 0. The van der Waals surface area contributed by atoms with E-state index in [1.807, 2.05) is 0 Å². The SMILES string of the molecule is Cc1c(O)cc([C@H](N=C(N)N)C(=O)N[C@@H](CC(N)=O)C(=O)N(C(=O)[C@H](CCCCN)NC(=O)[C@@H](N)C(C)(C)C)[C@@H](CC(=O)O)C(=O)O)cc1O. The van der Waals surface area contributed by atoms with Crippen molar-refractivity contribution in [3.05, 3.63) is 23.3 Å². The number of aromatic hydroxyl groups is 2. The summed E-state index contributed by atoms with van der Waals surface area (Å²) in [5.41, 5.74) is 26.9. The van der Waals surface area contributed by atoms with Crippen molar-refractivity contribution in [2.24, 2.45) is 39.1 Å². The number of amides is 5. The van der Waals surface area contributed by atoms with Crippen molar-refractivity contribution in [3.8, 4) is 11.5 Å². The van der Waals surface area contributed by atoms with Gasteiger partial charge in [-0.15, -0.1) is 0 Å². The van der Waals surface area contributed by atoms with Gasteiger partial charge in [0, 0.05) is 5.56 Å². The first kappa shape index (κ1) is 42.5. The topological polar surface area (TPSA) is 370 Å². The number of nitrogens with zero attached hydrogens (tertiary/aromatic N) is 2. The van der Waals surface area contributed by atoms with Gasteiger partial charge in [0.1, 0.15) is 29.6 Å². The molecule has 0 aliphatic heterocycles. The molecule has 0 unspecified atom stereocenters. The summed E-state index contributed by atoms with van der Waals surface area (Å²) in [5.74, 6) is -11.7. The van der Waals surface area contributed by atoms with Gasteiger partial charge in [0.25, 0.3) is 11.8 Å². The number of imide groups is 1. The summed E-state index contributed by atoms with van der Waals surface area (Å²) in [5, 5.41) is 44.5. The first-order valence-corrected chi connectivity index (χ1v) is 15.3. The molecule has 16 N–H and O–H groups in total. The van der Waals surface area contributed by atoms with E-state index in [4.69, 9.17) is 28.7 Å². The molecule has 0 aliphatic carbocycles. The molecule has 50 heavy (non-hydrogen) atoms. The lowest BCUT2D eigenvalue weighted by molar-refractivity contribution is -0.163. The Balaban J connectivity index is 3.84. The van der Waals surface area contributed by atoms with Crippen LogP contribution in [0.1, 0.15) is 70.0 Å². The third-order valence-electron chi connectivity index (χ3n) is 7.45. The van der Waals surface area contributed by atoms with Crippen LogP contribution in [0.4, 0.5) is 0 Å². The largest absolute Gasteiger partial charge is 0.508 e. The van der Waals surface area contributed by atoms with Crippen LogP contribution in [-0.4, -0.2) is 103 Å². The van der Waals surface area contributed by atoms with Crippen molar-refractivity contribution in [2.75, 3.05) is 6.54 Å². The Kier molecular flexibility index (Phi) is 15.6. The van der Waals surface area contributed by atoms with Gasteiger partial charge in [0.15, 0.2) is 12.0 Å². The monoisotopic (exact) mass is 709 g/mol. The van der Waals surface area contributed by atoms with Crippen LogP contribution in [0.15, 0.2) is 17.1 Å². The van der Waals surface area contributed by atoms with Gasteiger partial charge in [-0.3, -0.25) is 33.7 Å². The maximum Gasteiger partial charge on any atom is 0.327 e. The first-order chi connectivity index (χ1) is 23.0.